The molecule has 0 radical (unpaired) electrons. The van der Waals surface area contributed by atoms with Gasteiger partial charge in [-0.3, -0.25) is 0 Å². The Balaban J connectivity index is 2.50. The van der Waals surface area contributed by atoms with Gasteiger partial charge < -0.3 is 5.73 Å². The molecular weight excluding hydrogens is 163 g/mol. The third-order valence-electron chi connectivity index (χ3n) is 1.32. The molecule has 0 saturated heterocycles. The van der Waals surface area contributed by atoms with Crippen LogP contribution >= 0.6 is 11.3 Å². The Hall–Kier alpha value is -0.480. The number of alkyl halides is 1. The predicted molar refractivity (Wildman–Crippen MR) is 44.5 cm³/mol. The van der Waals surface area contributed by atoms with Crippen LogP contribution in [0.5, 0.6) is 0 Å². The number of nitrogens with zero attached hydrogens (tertiary/aromatic N) is 1. The summed E-state index contributed by atoms with van der Waals surface area (Å²) in [6.07, 6.45) is -0.588. The van der Waals surface area contributed by atoms with Crippen LogP contribution < -0.4 is 5.73 Å². The number of thiazole rings is 1. The van der Waals surface area contributed by atoms with Crippen LogP contribution in [-0.2, 0) is 6.42 Å². The summed E-state index contributed by atoms with van der Waals surface area (Å²) in [6, 6.07) is 0. The summed E-state index contributed by atoms with van der Waals surface area (Å²) < 4.78 is 12.7. The highest BCUT2D eigenvalue weighted by Crippen LogP contribution is 2.11. The molecular formula is C7H11FN2S. The topological polar surface area (TPSA) is 38.9 Å². The molecule has 11 heavy (non-hydrogen) atoms. The second-order valence-corrected chi connectivity index (χ2v) is 3.36. The molecule has 1 unspecified atom stereocenters. The summed E-state index contributed by atoms with van der Waals surface area (Å²) in [7, 11) is 0. The molecule has 0 aliphatic carbocycles. The van der Waals surface area contributed by atoms with Crippen LogP contribution in [0.2, 0.25) is 0 Å². The molecule has 0 aliphatic rings. The first-order valence-electron chi connectivity index (χ1n) is 3.47. The first-order valence-corrected chi connectivity index (χ1v) is 4.35. The summed E-state index contributed by atoms with van der Waals surface area (Å²) in [5.74, 6) is 0. The molecule has 62 valence electrons. The maximum atomic E-state index is 12.7. The van der Waals surface area contributed by atoms with Crippen LogP contribution in [0.1, 0.15) is 10.7 Å². The van der Waals surface area contributed by atoms with Crippen LogP contribution in [0.15, 0.2) is 5.38 Å². The van der Waals surface area contributed by atoms with Crippen LogP contribution in [0.3, 0.4) is 0 Å². The van der Waals surface area contributed by atoms with E-state index in [1.54, 1.807) is 0 Å². The Labute approximate surface area is 69.3 Å². The minimum Gasteiger partial charge on any atom is -0.328 e. The first kappa shape index (κ1) is 8.62. The van der Waals surface area contributed by atoms with Crippen molar-refractivity contribution in [2.75, 3.05) is 6.54 Å². The largest absolute Gasteiger partial charge is 0.328 e. The second kappa shape index (κ2) is 3.78. The van der Waals surface area contributed by atoms with Crippen molar-refractivity contribution in [1.82, 2.24) is 4.98 Å². The lowest BCUT2D eigenvalue weighted by atomic mass is 10.3. The quantitative estimate of drug-likeness (QED) is 0.750. The van der Waals surface area contributed by atoms with Gasteiger partial charge in [0.2, 0.25) is 0 Å². The van der Waals surface area contributed by atoms with Gasteiger partial charge in [0.1, 0.15) is 6.17 Å². The van der Waals surface area contributed by atoms with E-state index in [-0.39, 0.29) is 6.54 Å². The smallest absolute Gasteiger partial charge is 0.119 e. The fraction of sp³-hybridized carbons (Fsp3) is 0.571. The van der Waals surface area contributed by atoms with E-state index in [4.69, 9.17) is 5.73 Å². The van der Waals surface area contributed by atoms with E-state index in [9.17, 15) is 4.39 Å². The average Bonchev–Trinajstić information content (AvgIpc) is 2.35. The minimum absolute atomic E-state index is 0.0820. The third kappa shape index (κ3) is 2.55. The maximum Gasteiger partial charge on any atom is 0.119 e. The highest BCUT2D eigenvalue weighted by molar-refractivity contribution is 7.09. The standard InChI is InChI=1S/C7H11FN2S/c1-5-4-11-7(10-5)2-6(8)3-9/h4,6H,2-3,9H2,1H3. The van der Waals surface area contributed by atoms with Gasteiger partial charge in [0.25, 0.3) is 0 Å². The summed E-state index contributed by atoms with van der Waals surface area (Å²) in [5.41, 5.74) is 6.08. The summed E-state index contributed by atoms with van der Waals surface area (Å²) in [6.45, 7) is 1.98. The van der Waals surface area contributed by atoms with E-state index in [0.29, 0.717) is 6.42 Å². The zero-order valence-corrected chi connectivity index (χ0v) is 7.20. The molecule has 2 N–H and O–H groups in total. The minimum atomic E-state index is -0.944. The van der Waals surface area contributed by atoms with Crippen molar-refractivity contribution in [3.05, 3.63) is 16.1 Å². The molecule has 0 aromatic carbocycles. The van der Waals surface area contributed by atoms with Gasteiger partial charge in [0, 0.05) is 24.0 Å². The summed E-state index contributed by atoms with van der Waals surface area (Å²) in [4.78, 5) is 4.12. The number of halogens is 1. The molecule has 1 rings (SSSR count). The normalized spacial score (nSPS) is 13.4. The van der Waals surface area contributed by atoms with Crippen LogP contribution in [0.25, 0.3) is 0 Å². The summed E-state index contributed by atoms with van der Waals surface area (Å²) in [5, 5.41) is 2.75. The van der Waals surface area contributed by atoms with Crippen LogP contribution in [0, 0.1) is 6.92 Å². The molecule has 1 aromatic rings. The molecule has 0 bridgehead atoms. The maximum absolute atomic E-state index is 12.7. The monoisotopic (exact) mass is 174 g/mol. The van der Waals surface area contributed by atoms with Gasteiger partial charge in [-0.25, -0.2) is 9.37 Å². The fourth-order valence-electron chi connectivity index (χ4n) is 0.769. The molecule has 0 spiro atoms. The predicted octanol–water partition coefficient (Wildman–Crippen LogP) is 1.29. The molecule has 1 aromatic heterocycles. The number of hydrogen-bond acceptors (Lipinski definition) is 3. The lowest BCUT2D eigenvalue weighted by Crippen LogP contribution is -2.17. The van der Waals surface area contributed by atoms with Gasteiger partial charge in [0.05, 0.1) is 5.01 Å². The zero-order chi connectivity index (χ0) is 8.27. The van der Waals surface area contributed by atoms with E-state index >= 15 is 0 Å². The van der Waals surface area contributed by atoms with Crippen molar-refractivity contribution in [1.29, 1.82) is 0 Å². The molecule has 4 heteroatoms. The van der Waals surface area contributed by atoms with Crippen molar-refractivity contribution < 1.29 is 4.39 Å². The zero-order valence-electron chi connectivity index (χ0n) is 6.38. The van der Waals surface area contributed by atoms with Gasteiger partial charge in [-0.15, -0.1) is 11.3 Å². The number of hydrogen-bond donors (Lipinski definition) is 1. The Morgan fingerprint density at radius 3 is 3.00 bits per heavy atom. The van der Waals surface area contributed by atoms with Crippen molar-refractivity contribution in [3.63, 3.8) is 0 Å². The highest BCUT2D eigenvalue weighted by Gasteiger charge is 2.07. The number of aryl methyl sites for hydroxylation is 1. The molecule has 1 heterocycles. The van der Waals surface area contributed by atoms with E-state index in [1.807, 2.05) is 12.3 Å². The molecule has 1 atom stereocenters. The Morgan fingerprint density at radius 1 is 1.82 bits per heavy atom. The van der Waals surface area contributed by atoms with Gasteiger partial charge in [-0.1, -0.05) is 0 Å². The first-order chi connectivity index (χ1) is 5.22. The second-order valence-electron chi connectivity index (χ2n) is 2.42. The van der Waals surface area contributed by atoms with Crippen molar-refractivity contribution in [2.24, 2.45) is 5.73 Å². The van der Waals surface area contributed by atoms with E-state index in [2.05, 4.69) is 4.98 Å². The molecule has 0 amide bonds. The molecule has 0 saturated carbocycles. The molecule has 0 aliphatic heterocycles. The van der Waals surface area contributed by atoms with Crippen LogP contribution in [-0.4, -0.2) is 17.7 Å². The summed E-state index contributed by atoms with van der Waals surface area (Å²) >= 11 is 1.49. The molecule has 0 fully saturated rings. The third-order valence-corrected chi connectivity index (χ3v) is 2.31. The lowest BCUT2D eigenvalue weighted by molar-refractivity contribution is 0.340. The van der Waals surface area contributed by atoms with Crippen molar-refractivity contribution >= 4 is 11.3 Å². The Morgan fingerprint density at radius 2 is 2.55 bits per heavy atom. The number of rotatable bonds is 3. The Bertz CT molecular complexity index is 224. The van der Waals surface area contributed by atoms with E-state index < -0.39 is 6.17 Å². The van der Waals surface area contributed by atoms with E-state index in [1.165, 1.54) is 11.3 Å². The van der Waals surface area contributed by atoms with Gasteiger partial charge in [-0.2, -0.15) is 0 Å². The molecule has 2 nitrogen and oxygen atoms in total. The SMILES string of the molecule is Cc1csc(CC(F)CN)n1. The van der Waals surface area contributed by atoms with Crippen molar-refractivity contribution in [3.8, 4) is 0 Å². The van der Waals surface area contributed by atoms with Gasteiger partial charge >= 0.3 is 0 Å². The van der Waals surface area contributed by atoms with E-state index in [0.717, 1.165) is 10.7 Å². The van der Waals surface area contributed by atoms with Gasteiger partial charge in [0.15, 0.2) is 0 Å². The lowest BCUT2D eigenvalue weighted by Gasteiger charge is -1.99. The number of aromatic nitrogens is 1. The Kier molecular flexibility index (Phi) is 2.96. The number of nitrogens with two attached hydrogens (primary N) is 1. The van der Waals surface area contributed by atoms with Crippen LogP contribution in [0.4, 0.5) is 4.39 Å². The highest BCUT2D eigenvalue weighted by atomic mass is 32.1. The van der Waals surface area contributed by atoms with Gasteiger partial charge in [-0.05, 0) is 6.92 Å². The fourth-order valence-corrected chi connectivity index (χ4v) is 1.60. The average molecular weight is 174 g/mol. The van der Waals surface area contributed by atoms with Crippen molar-refractivity contribution in [2.45, 2.75) is 19.5 Å².